The van der Waals surface area contributed by atoms with Crippen molar-refractivity contribution in [2.24, 2.45) is 5.73 Å². The molecule has 1 heterocycles. The van der Waals surface area contributed by atoms with Crippen molar-refractivity contribution in [1.82, 2.24) is 10.1 Å². The molecule has 0 aliphatic heterocycles. The molecule has 0 radical (unpaired) electrons. The lowest BCUT2D eigenvalue weighted by molar-refractivity contribution is 0.349. The Morgan fingerprint density at radius 1 is 1.32 bits per heavy atom. The van der Waals surface area contributed by atoms with Crippen LogP contribution in [0.1, 0.15) is 48.5 Å². The molecule has 0 saturated carbocycles. The van der Waals surface area contributed by atoms with Gasteiger partial charge in [0.25, 0.3) is 0 Å². The van der Waals surface area contributed by atoms with E-state index in [2.05, 4.69) is 36.1 Å². The van der Waals surface area contributed by atoms with E-state index in [-0.39, 0.29) is 5.92 Å². The Hall–Kier alpha value is -1.68. The van der Waals surface area contributed by atoms with Gasteiger partial charge in [0.1, 0.15) is 0 Å². The van der Waals surface area contributed by atoms with Crippen molar-refractivity contribution < 1.29 is 4.52 Å². The molecular weight excluding hydrogens is 238 g/mol. The number of rotatable bonds is 6. The number of nitrogens with two attached hydrogens (primary N) is 1. The van der Waals surface area contributed by atoms with Gasteiger partial charge >= 0.3 is 0 Å². The summed E-state index contributed by atoms with van der Waals surface area (Å²) in [4.78, 5) is 4.48. The van der Waals surface area contributed by atoms with E-state index in [1.165, 1.54) is 11.1 Å². The van der Waals surface area contributed by atoms with Crippen LogP contribution < -0.4 is 5.73 Å². The van der Waals surface area contributed by atoms with E-state index in [0.717, 1.165) is 31.0 Å². The van der Waals surface area contributed by atoms with E-state index in [0.29, 0.717) is 6.54 Å². The third-order valence-electron chi connectivity index (χ3n) is 3.36. The Morgan fingerprint density at radius 3 is 2.84 bits per heavy atom. The summed E-state index contributed by atoms with van der Waals surface area (Å²) in [5.74, 6) is 1.75. The Bertz CT molecular complexity index is 522. The van der Waals surface area contributed by atoms with Gasteiger partial charge in [0.05, 0.1) is 0 Å². The SMILES string of the molecule is Cc1ccccc1Cc1noc(C(C)CCCN)n1. The van der Waals surface area contributed by atoms with Crippen molar-refractivity contribution in [3.05, 3.63) is 47.1 Å². The van der Waals surface area contributed by atoms with Gasteiger partial charge in [-0.2, -0.15) is 4.98 Å². The molecule has 0 bridgehead atoms. The molecule has 4 heteroatoms. The fraction of sp³-hybridized carbons (Fsp3) is 0.467. The van der Waals surface area contributed by atoms with Crippen molar-refractivity contribution in [2.45, 2.75) is 39.0 Å². The first kappa shape index (κ1) is 13.7. The zero-order chi connectivity index (χ0) is 13.7. The molecule has 2 aromatic rings. The van der Waals surface area contributed by atoms with Gasteiger partial charge in [0.15, 0.2) is 5.82 Å². The van der Waals surface area contributed by atoms with E-state index < -0.39 is 0 Å². The van der Waals surface area contributed by atoms with Gasteiger partial charge in [-0.25, -0.2) is 0 Å². The Balaban J connectivity index is 2.03. The maximum atomic E-state index is 5.51. The molecule has 0 saturated heterocycles. The first-order valence-corrected chi connectivity index (χ1v) is 6.77. The molecule has 1 aromatic heterocycles. The molecule has 0 spiro atoms. The first-order chi connectivity index (χ1) is 9.20. The largest absolute Gasteiger partial charge is 0.339 e. The molecular formula is C15H21N3O. The van der Waals surface area contributed by atoms with Crippen LogP contribution in [0, 0.1) is 6.92 Å². The van der Waals surface area contributed by atoms with Crippen LogP contribution in [-0.4, -0.2) is 16.7 Å². The summed E-state index contributed by atoms with van der Waals surface area (Å²) in [6, 6.07) is 8.27. The quantitative estimate of drug-likeness (QED) is 0.866. The smallest absolute Gasteiger partial charge is 0.229 e. The van der Waals surface area contributed by atoms with Gasteiger partial charge in [0, 0.05) is 12.3 Å². The highest BCUT2D eigenvalue weighted by Crippen LogP contribution is 2.19. The van der Waals surface area contributed by atoms with E-state index in [1.54, 1.807) is 0 Å². The number of aromatic nitrogens is 2. The third-order valence-corrected chi connectivity index (χ3v) is 3.36. The highest BCUT2D eigenvalue weighted by Gasteiger charge is 2.14. The van der Waals surface area contributed by atoms with Crippen LogP contribution >= 0.6 is 0 Å². The molecule has 19 heavy (non-hydrogen) atoms. The second-order valence-corrected chi connectivity index (χ2v) is 4.98. The summed E-state index contributed by atoms with van der Waals surface area (Å²) in [6.45, 7) is 4.90. The molecule has 1 unspecified atom stereocenters. The molecule has 2 N–H and O–H groups in total. The standard InChI is InChI=1S/C15H21N3O/c1-11-6-3-4-8-13(11)10-14-17-15(19-18-14)12(2)7-5-9-16/h3-4,6,8,12H,5,7,9-10,16H2,1-2H3. The second-order valence-electron chi connectivity index (χ2n) is 4.98. The van der Waals surface area contributed by atoms with Gasteiger partial charge in [-0.1, -0.05) is 36.3 Å². The lowest BCUT2D eigenvalue weighted by Gasteiger charge is -2.03. The summed E-state index contributed by atoms with van der Waals surface area (Å²) in [5.41, 5.74) is 8.01. The zero-order valence-corrected chi connectivity index (χ0v) is 11.6. The maximum absolute atomic E-state index is 5.51. The van der Waals surface area contributed by atoms with Gasteiger partial charge < -0.3 is 10.3 Å². The van der Waals surface area contributed by atoms with Crippen LogP contribution in [0.4, 0.5) is 0 Å². The molecule has 2 rings (SSSR count). The molecule has 4 nitrogen and oxygen atoms in total. The maximum Gasteiger partial charge on any atom is 0.229 e. The summed E-state index contributed by atoms with van der Waals surface area (Å²) in [7, 11) is 0. The minimum absolute atomic E-state index is 0.279. The van der Waals surface area contributed by atoms with E-state index >= 15 is 0 Å². The van der Waals surface area contributed by atoms with E-state index in [9.17, 15) is 0 Å². The van der Waals surface area contributed by atoms with Crippen LogP contribution in [-0.2, 0) is 6.42 Å². The average molecular weight is 259 g/mol. The molecule has 0 fully saturated rings. The van der Waals surface area contributed by atoms with Gasteiger partial charge in [-0.05, 0) is 37.4 Å². The fourth-order valence-corrected chi connectivity index (χ4v) is 2.07. The molecule has 0 amide bonds. The lowest BCUT2D eigenvalue weighted by atomic mass is 10.1. The van der Waals surface area contributed by atoms with Crippen molar-refractivity contribution in [3.8, 4) is 0 Å². The summed E-state index contributed by atoms with van der Waals surface area (Å²) in [6.07, 6.45) is 2.69. The lowest BCUT2D eigenvalue weighted by Crippen LogP contribution is -2.02. The van der Waals surface area contributed by atoms with Crippen LogP contribution in [0.5, 0.6) is 0 Å². The minimum atomic E-state index is 0.279. The van der Waals surface area contributed by atoms with Crippen LogP contribution in [0.2, 0.25) is 0 Å². The number of aryl methyl sites for hydroxylation is 1. The predicted molar refractivity (Wildman–Crippen MR) is 75.0 cm³/mol. The monoisotopic (exact) mass is 259 g/mol. The van der Waals surface area contributed by atoms with E-state index in [1.807, 2.05) is 12.1 Å². The number of hydrogen-bond acceptors (Lipinski definition) is 4. The zero-order valence-electron chi connectivity index (χ0n) is 11.6. The van der Waals surface area contributed by atoms with Crippen molar-refractivity contribution in [1.29, 1.82) is 0 Å². The Kier molecular flexibility index (Phi) is 4.68. The second kappa shape index (κ2) is 6.48. The first-order valence-electron chi connectivity index (χ1n) is 6.77. The Morgan fingerprint density at radius 2 is 2.11 bits per heavy atom. The van der Waals surface area contributed by atoms with E-state index in [4.69, 9.17) is 10.3 Å². The van der Waals surface area contributed by atoms with Crippen molar-refractivity contribution in [2.75, 3.05) is 6.54 Å². The normalized spacial score (nSPS) is 12.6. The third kappa shape index (κ3) is 3.64. The van der Waals surface area contributed by atoms with Gasteiger partial charge in [-0.3, -0.25) is 0 Å². The van der Waals surface area contributed by atoms with Crippen molar-refractivity contribution >= 4 is 0 Å². The fourth-order valence-electron chi connectivity index (χ4n) is 2.07. The van der Waals surface area contributed by atoms with Crippen LogP contribution in [0.3, 0.4) is 0 Å². The highest BCUT2D eigenvalue weighted by molar-refractivity contribution is 5.28. The topological polar surface area (TPSA) is 64.9 Å². The minimum Gasteiger partial charge on any atom is -0.339 e. The van der Waals surface area contributed by atoms with Gasteiger partial charge in [-0.15, -0.1) is 0 Å². The number of nitrogens with zero attached hydrogens (tertiary/aromatic N) is 2. The predicted octanol–water partition coefficient (Wildman–Crippen LogP) is 2.81. The van der Waals surface area contributed by atoms with Crippen LogP contribution in [0.15, 0.2) is 28.8 Å². The highest BCUT2D eigenvalue weighted by atomic mass is 16.5. The molecule has 0 aliphatic rings. The van der Waals surface area contributed by atoms with Crippen molar-refractivity contribution in [3.63, 3.8) is 0 Å². The number of benzene rings is 1. The summed E-state index contributed by atoms with van der Waals surface area (Å²) in [5, 5.41) is 4.06. The Labute approximate surface area is 114 Å². The molecule has 1 aromatic carbocycles. The van der Waals surface area contributed by atoms with Gasteiger partial charge in [0.2, 0.25) is 5.89 Å². The molecule has 1 atom stereocenters. The average Bonchev–Trinajstić information content (AvgIpc) is 2.87. The summed E-state index contributed by atoms with van der Waals surface area (Å²) < 4.78 is 5.33. The summed E-state index contributed by atoms with van der Waals surface area (Å²) >= 11 is 0. The number of hydrogen-bond donors (Lipinski definition) is 1. The van der Waals surface area contributed by atoms with Crippen LogP contribution in [0.25, 0.3) is 0 Å². The molecule has 102 valence electrons. The molecule has 0 aliphatic carbocycles.